The van der Waals surface area contributed by atoms with Crippen LogP contribution in [-0.4, -0.2) is 14.6 Å². The van der Waals surface area contributed by atoms with Crippen molar-refractivity contribution in [3.05, 3.63) is 102 Å². The number of thiazole rings is 1. The third-order valence-electron chi connectivity index (χ3n) is 4.60. The molecule has 0 unspecified atom stereocenters. The van der Waals surface area contributed by atoms with Gasteiger partial charge in [0.2, 0.25) is 4.96 Å². The maximum absolute atomic E-state index is 13.0. The summed E-state index contributed by atoms with van der Waals surface area (Å²) in [6.45, 7) is 0. The third kappa shape index (κ3) is 4.10. The molecule has 0 aliphatic heterocycles. The van der Waals surface area contributed by atoms with Gasteiger partial charge in [0.15, 0.2) is 5.82 Å². The Kier molecular flexibility index (Phi) is 5.38. The van der Waals surface area contributed by atoms with Crippen LogP contribution < -0.4 is 10.1 Å². The van der Waals surface area contributed by atoms with Gasteiger partial charge in [0.25, 0.3) is 5.56 Å². The van der Waals surface area contributed by atoms with Crippen LogP contribution in [0.2, 0.25) is 10.0 Å². The van der Waals surface area contributed by atoms with Gasteiger partial charge in [-0.3, -0.25) is 4.79 Å². The van der Waals surface area contributed by atoms with E-state index in [9.17, 15) is 9.18 Å². The number of benzene rings is 2. The fourth-order valence-corrected chi connectivity index (χ4v) is 4.22. The SMILES string of the molecule is O=c1/c(=C/c2ccc(-c3ccc(Cl)c(Cl)c3)o2)sc2nc(/C=C/c3ccc(F)cc3)nn12. The number of hydrogen-bond acceptors (Lipinski definition) is 5. The lowest BCUT2D eigenvalue weighted by Crippen LogP contribution is -2.23. The predicted molar refractivity (Wildman–Crippen MR) is 125 cm³/mol. The average molecular weight is 484 g/mol. The number of nitrogens with zero attached hydrogens (tertiary/aromatic N) is 3. The lowest BCUT2D eigenvalue weighted by Gasteiger charge is -1.99. The van der Waals surface area contributed by atoms with E-state index in [0.717, 1.165) is 11.1 Å². The molecule has 0 saturated carbocycles. The standard InChI is InChI=1S/C23H12Cl2FN3O2S/c24-17-8-4-14(11-18(17)25)19-9-7-16(31-19)12-20-22(30)29-23(32-20)27-21(28-29)10-3-13-1-5-15(26)6-2-13/h1-12H/b10-3+,20-12-. The van der Waals surface area contributed by atoms with E-state index in [2.05, 4.69) is 10.1 Å². The molecule has 0 radical (unpaired) electrons. The van der Waals surface area contributed by atoms with Crippen molar-refractivity contribution >= 4 is 57.7 Å². The van der Waals surface area contributed by atoms with Gasteiger partial charge in [-0.15, -0.1) is 5.10 Å². The third-order valence-corrected chi connectivity index (χ3v) is 6.30. The van der Waals surface area contributed by atoms with E-state index in [-0.39, 0.29) is 11.4 Å². The molecule has 0 aliphatic rings. The summed E-state index contributed by atoms with van der Waals surface area (Å²) in [6.07, 6.45) is 5.08. The predicted octanol–water partition coefficient (Wildman–Crippen LogP) is 5.58. The minimum atomic E-state index is -0.303. The Balaban J connectivity index is 1.42. The molecule has 0 bridgehead atoms. The number of rotatable bonds is 4. The lowest BCUT2D eigenvalue weighted by atomic mass is 10.2. The lowest BCUT2D eigenvalue weighted by molar-refractivity contribution is 0.571. The molecule has 5 nitrogen and oxygen atoms in total. The largest absolute Gasteiger partial charge is 0.457 e. The molecule has 0 saturated heterocycles. The van der Waals surface area contributed by atoms with Gasteiger partial charge in [0.1, 0.15) is 21.9 Å². The molecule has 9 heteroatoms. The molecular formula is C23H12Cl2FN3O2S. The van der Waals surface area contributed by atoms with Crippen LogP contribution in [0.4, 0.5) is 4.39 Å². The quantitative estimate of drug-likeness (QED) is 0.335. The highest BCUT2D eigenvalue weighted by Crippen LogP contribution is 2.29. The smallest absolute Gasteiger partial charge is 0.291 e. The van der Waals surface area contributed by atoms with Crippen LogP contribution in [0.15, 0.2) is 63.8 Å². The maximum atomic E-state index is 13.0. The Morgan fingerprint density at radius 3 is 2.56 bits per heavy atom. The molecule has 3 heterocycles. The van der Waals surface area contributed by atoms with Crippen molar-refractivity contribution in [2.24, 2.45) is 0 Å². The van der Waals surface area contributed by atoms with E-state index in [1.807, 2.05) is 0 Å². The zero-order chi connectivity index (χ0) is 22.2. The number of furan rings is 1. The summed E-state index contributed by atoms with van der Waals surface area (Å²) < 4.78 is 20.5. The highest BCUT2D eigenvalue weighted by atomic mass is 35.5. The van der Waals surface area contributed by atoms with Crippen LogP contribution in [0.25, 0.3) is 34.5 Å². The molecule has 0 fully saturated rings. The van der Waals surface area contributed by atoms with E-state index >= 15 is 0 Å². The van der Waals surface area contributed by atoms with Crippen LogP contribution in [0.5, 0.6) is 0 Å². The molecular weight excluding hydrogens is 472 g/mol. The van der Waals surface area contributed by atoms with Crippen molar-refractivity contribution in [1.82, 2.24) is 14.6 Å². The second kappa shape index (κ2) is 8.35. The van der Waals surface area contributed by atoms with E-state index in [4.69, 9.17) is 27.6 Å². The average Bonchev–Trinajstić information content (AvgIpc) is 3.47. The monoisotopic (exact) mass is 483 g/mol. The molecule has 5 rings (SSSR count). The minimum absolute atomic E-state index is 0.286. The van der Waals surface area contributed by atoms with Crippen molar-refractivity contribution < 1.29 is 8.81 Å². The number of hydrogen-bond donors (Lipinski definition) is 0. The van der Waals surface area contributed by atoms with Gasteiger partial charge in [-0.2, -0.15) is 9.50 Å². The van der Waals surface area contributed by atoms with Gasteiger partial charge in [-0.1, -0.05) is 52.7 Å². The number of fused-ring (bicyclic) bond motifs is 1. The molecule has 32 heavy (non-hydrogen) atoms. The highest BCUT2D eigenvalue weighted by molar-refractivity contribution is 7.15. The normalized spacial score (nSPS) is 12.4. The second-order valence-electron chi connectivity index (χ2n) is 6.80. The van der Waals surface area contributed by atoms with Crippen molar-refractivity contribution in [2.45, 2.75) is 0 Å². The molecule has 0 amide bonds. The summed E-state index contributed by atoms with van der Waals surface area (Å²) in [4.78, 5) is 17.6. The Morgan fingerprint density at radius 1 is 1.00 bits per heavy atom. The van der Waals surface area contributed by atoms with Crippen molar-refractivity contribution in [2.75, 3.05) is 0 Å². The Labute approximate surface area is 194 Å². The Bertz CT molecular complexity index is 1590. The van der Waals surface area contributed by atoms with Crippen molar-refractivity contribution in [1.29, 1.82) is 0 Å². The zero-order valence-corrected chi connectivity index (χ0v) is 18.5. The van der Waals surface area contributed by atoms with Crippen LogP contribution in [0.3, 0.4) is 0 Å². The topological polar surface area (TPSA) is 60.4 Å². The van der Waals surface area contributed by atoms with Crippen molar-refractivity contribution in [3.8, 4) is 11.3 Å². The summed E-state index contributed by atoms with van der Waals surface area (Å²) in [5, 5.41) is 5.14. The first-order chi connectivity index (χ1) is 15.5. The van der Waals surface area contributed by atoms with Gasteiger partial charge in [-0.25, -0.2) is 4.39 Å². The molecule has 5 aromatic rings. The van der Waals surface area contributed by atoms with Gasteiger partial charge < -0.3 is 4.42 Å². The van der Waals surface area contributed by atoms with Gasteiger partial charge in [0.05, 0.1) is 10.0 Å². The summed E-state index contributed by atoms with van der Waals surface area (Å²) >= 11 is 13.2. The zero-order valence-electron chi connectivity index (χ0n) is 16.1. The van der Waals surface area contributed by atoms with Crippen LogP contribution >= 0.6 is 34.5 Å². The van der Waals surface area contributed by atoms with Crippen LogP contribution in [0, 0.1) is 5.82 Å². The van der Waals surface area contributed by atoms with Crippen LogP contribution in [-0.2, 0) is 0 Å². The van der Waals surface area contributed by atoms with E-state index in [0.29, 0.717) is 36.9 Å². The fourth-order valence-electron chi connectivity index (χ4n) is 3.03. The van der Waals surface area contributed by atoms with Gasteiger partial charge in [-0.05, 0) is 54.1 Å². The van der Waals surface area contributed by atoms with E-state index < -0.39 is 0 Å². The van der Waals surface area contributed by atoms with E-state index in [1.54, 1.807) is 60.7 Å². The molecule has 0 aliphatic carbocycles. The Morgan fingerprint density at radius 2 is 1.81 bits per heavy atom. The second-order valence-corrected chi connectivity index (χ2v) is 8.62. The summed E-state index contributed by atoms with van der Waals surface area (Å²) in [5.74, 6) is 1.21. The molecule has 0 N–H and O–H groups in total. The first-order valence-corrected chi connectivity index (χ1v) is 10.9. The van der Waals surface area contributed by atoms with Crippen molar-refractivity contribution in [3.63, 3.8) is 0 Å². The molecule has 2 aromatic carbocycles. The molecule has 3 aromatic heterocycles. The first kappa shape index (κ1) is 20.6. The van der Waals surface area contributed by atoms with Gasteiger partial charge in [0, 0.05) is 11.6 Å². The first-order valence-electron chi connectivity index (χ1n) is 9.36. The van der Waals surface area contributed by atoms with Gasteiger partial charge >= 0.3 is 0 Å². The molecule has 0 atom stereocenters. The summed E-state index contributed by atoms with van der Waals surface area (Å²) in [6, 6.07) is 14.8. The number of halogens is 3. The number of aromatic nitrogens is 3. The Hall–Kier alpha value is -3.26. The molecule has 158 valence electrons. The fraction of sp³-hybridized carbons (Fsp3) is 0. The summed E-state index contributed by atoms with van der Waals surface area (Å²) in [7, 11) is 0. The molecule has 0 spiro atoms. The minimum Gasteiger partial charge on any atom is -0.457 e. The maximum Gasteiger partial charge on any atom is 0.291 e. The van der Waals surface area contributed by atoms with E-state index in [1.165, 1.54) is 28.0 Å². The highest BCUT2D eigenvalue weighted by Gasteiger charge is 2.11. The summed E-state index contributed by atoms with van der Waals surface area (Å²) in [5.41, 5.74) is 1.30. The van der Waals surface area contributed by atoms with Crippen LogP contribution in [0.1, 0.15) is 17.1 Å².